The van der Waals surface area contributed by atoms with Gasteiger partial charge in [0.1, 0.15) is 11.6 Å². The fraction of sp³-hybridized carbons (Fsp3) is 0.448. The highest BCUT2D eigenvalue weighted by atomic mass is 35.5. The largest absolute Gasteiger partial charge is 0.465 e. The SMILES string of the molecule is C=C1C[C@H](Sc2cc(C(=O)Nc3cc(F)c(F)c(F)c3)ccc2Cl)CC(C)[C@]1(O)CN[C@H](C(=O)OCC)C(C)C. The van der Waals surface area contributed by atoms with Gasteiger partial charge in [0.15, 0.2) is 17.5 Å². The maximum absolute atomic E-state index is 13.5. The molecule has 0 aliphatic heterocycles. The first kappa shape index (κ1) is 32.0. The fourth-order valence-electron chi connectivity index (χ4n) is 4.70. The number of carbonyl (C=O) groups excluding carboxylic acids is 2. The molecule has 0 spiro atoms. The molecule has 0 saturated heterocycles. The van der Waals surface area contributed by atoms with Crippen LogP contribution in [0.2, 0.25) is 5.02 Å². The zero-order chi connectivity index (χ0) is 29.8. The molecule has 1 aliphatic carbocycles. The van der Waals surface area contributed by atoms with Crippen molar-refractivity contribution in [2.75, 3.05) is 18.5 Å². The third-order valence-electron chi connectivity index (χ3n) is 7.05. The number of hydrogen-bond acceptors (Lipinski definition) is 6. The number of anilines is 1. The highest BCUT2D eigenvalue weighted by molar-refractivity contribution is 8.00. The summed E-state index contributed by atoms with van der Waals surface area (Å²) in [7, 11) is 0. The van der Waals surface area contributed by atoms with Crippen molar-refractivity contribution in [1.29, 1.82) is 0 Å². The Morgan fingerprint density at radius 2 is 1.88 bits per heavy atom. The van der Waals surface area contributed by atoms with Crippen LogP contribution in [0.5, 0.6) is 0 Å². The molecule has 1 aliphatic rings. The van der Waals surface area contributed by atoms with Crippen LogP contribution in [0.25, 0.3) is 0 Å². The number of rotatable bonds is 10. The van der Waals surface area contributed by atoms with E-state index in [9.17, 15) is 27.9 Å². The van der Waals surface area contributed by atoms with Crippen molar-refractivity contribution in [1.82, 2.24) is 5.32 Å². The zero-order valence-electron chi connectivity index (χ0n) is 22.8. The Hall–Kier alpha value is -2.53. The molecule has 2 aromatic rings. The van der Waals surface area contributed by atoms with Gasteiger partial charge in [-0.1, -0.05) is 39.0 Å². The molecule has 1 fully saturated rings. The van der Waals surface area contributed by atoms with E-state index in [1.807, 2.05) is 20.8 Å². The van der Waals surface area contributed by atoms with Crippen molar-refractivity contribution in [2.45, 2.75) is 62.3 Å². The van der Waals surface area contributed by atoms with Gasteiger partial charge in [0.25, 0.3) is 5.91 Å². The van der Waals surface area contributed by atoms with Crippen LogP contribution >= 0.6 is 23.4 Å². The summed E-state index contributed by atoms with van der Waals surface area (Å²) < 4.78 is 45.5. The van der Waals surface area contributed by atoms with E-state index >= 15 is 0 Å². The summed E-state index contributed by atoms with van der Waals surface area (Å²) in [6.45, 7) is 12.0. The van der Waals surface area contributed by atoms with Crippen molar-refractivity contribution in [3.05, 3.63) is 70.5 Å². The first-order valence-corrected chi connectivity index (χ1v) is 14.2. The number of amides is 1. The Bertz CT molecular complexity index is 1250. The number of benzene rings is 2. The first-order valence-electron chi connectivity index (χ1n) is 13.0. The number of ether oxygens (including phenoxy) is 1. The third kappa shape index (κ3) is 7.40. The van der Waals surface area contributed by atoms with E-state index < -0.39 is 35.0 Å². The molecule has 3 rings (SSSR count). The second-order valence-electron chi connectivity index (χ2n) is 10.3. The maximum atomic E-state index is 13.5. The lowest BCUT2D eigenvalue weighted by Crippen LogP contribution is -2.55. The number of thioether (sulfide) groups is 1. The van der Waals surface area contributed by atoms with Gasteiger partial charge in [0.2, 0.25) is 0 Å². The lowest BCUT2D eigenvalue weighted by Gasteiger charge is -2.44. The lowest BCUT2D eigenvalue weighted by atomic mass is 9.73. The Morgan fingerprint density at radius 3 is 2.45 bits per heavy atom. The number of nitrogens with one attached hydrogen (secondary N) is 2. The Labute approximate surface area is 241 Å². The molecule has 1 unspecified atom stereocenters. The van der Waals surface area contributed by atoms with E-state index in [2.05, 4.69) is 17.2 Å². The first-order chi connectivity index (χ1) is 18.8. The molecule has 40 heavy (non-hydrogen) atoms. The minimum atomic E-state index is -1.62. The summed E-state index contributed by atoms with van der Waals surface area (Å²) >= 11 is 7.86. The van der Waals surface area contributed by atoms with Crippen LogP contribution in [0.4, 0.5) is 18.9 Å². The second-order valence-corrected chi connectivity index (χ2v) is 12.1. The molecule has 11 heteroatoms. The molecule has 3 N–H and O–H groups in total. The van der Waals surface area contributed by atoms with Crippen molar-refractivity contribution in [2.24, 2.45) is 11.8 Å². The maximum Gasteiger partial charge on any atom is 0.323 e. The van der Waals surface area contributed by atoms with Crippen LogP contribution < -0.4 is 10.6 Å². The molecule has 0 bridgehead atoms. The van der Waals surface area contributed by atoms with Gasteiger partial charge >= 0.3 is 5.97 Å². The Morgan fingerprint density at radius 1 is 1.23 bits per heavy atom. The van der Waals surface area contributed by atoms with Gasteiger partial charge < -0.3 is 20.5 Å². The highest BCUT2D eigenvalue weighted by Gasteiger charge is 2.43. The molecule has 0 heterocycles. The van der Waals surface area contributed by atoms with E-state index in [-0.39, 0.29) is 47.5 Å². The van der Waals surface area contributed by atoms with Crippen LogP contribution in [0, 0.1) is 29.3 Å². The van der Waals surface area contributed by atoms with Crippen LogP contribution in [0.15, 0.2) is 47.4 Å². The molecule has 0 aromatic heterocycles. The van der Waals surface area contributed by atoms with Crippen LogP contribution in [-0.4, -0.2) is 47.0 Å². The van der Waals surface area contributed by atoms with Gasteiger partial charge in [0, 0.05) is 40.1 Å². The molecule has 1 saturated carbocycles. The Kier molecular flexibility index (Phi) is 10.7. The Balaban J connectivity index is 1.69. The summed E-state index contributed by atoms with van der Waals surface area (Å²) in [6, 6.07) is 5.42. The number of esters is 1. The summed E-state index contributed by atoms with van der Waals surface area (Å²) in [5, 5.41) is 17.5. The smallest absolute Gasteiger partial charge is 0.323 e. The molecule has 4 atom stereocenters. The van der Waals surface area contributed by atoms with Gasteiger partial charge in [-0.15, -0.1) is 11.8 Å². The predicted octanol–water partition coefficient (Wildman–Crippen LogP) is 6.36. The van der Waals surface area contributed by atoms with Crippen LogP contribution in [0.3, 0.4) is 0 Å². The number of hydrogen-bond donors (Lipinski definition) is 3. The van der Waals surface area contributed by atoms with Gasteiger partial charge in [-0.05, 0) is 55.4 Å². The van der Waals surface area contributed by atoms with Gasteiger partial charge in [0.05, 0.1) is 11.6 Å². The second kappa shape index (κ2) is 13.4. The van der Waals surface area contributed by atoms with Gasteiger partial charge in [-0.2, -0.15) is 0 Å². The van der Waals surface area contributed by atoms with Crippen LogP contribution in [0.1, 0.15) is 50.9 Å². The number of aliphatic hydroxyl groups is 1. The average Bonchev–Trinajstić information content (AvgIpc) is 2.87. The molecular weight excluding hydrogens is 565 g/mol. The lowest BCUT2D eigenvalue weighted by molar-refractivity contribution is -0.147. The monoisotopic (exact) mass is 598 g/mol. The van der Waals surface area contributed by atoms with E-state index in [4.69, 9.17) is 16.3 Å². The van der Waals surface area contributed by atoms with Crippen molar-refractivity contribution in [3.8, 4) is 0 Å². The van der Waals surface area contributed by atoms with Crippen molar-refractivity contribution >= 4 is 40.9 Å². The number of halogens is 4. The predicted molar refractivity (Wildman–Crippen MR) is 151 cm³/mol. The average molecular weight is 599 g/mol. The van der Waals surface area contributed by atoms with Gasteiger partial charge in [-0.3, -0.25) is 9.59 Å². The zero-order valence-corrected chi connectivity index (χ0v) is 24.4. The molecule has 1 amide bonds. The summed E-state index contributed by atoms with van der Waals surface area (Å²) in [5.74, 6) is -5.69. The highest BCUT2D eigenvalue weighted by Crippen LogP contribution is 2.45. The normalized spacial score (nSPS) is 21.8. The van der Waals surface area contributed by atoms with E-state index in [0.717, 1.165) is 0 Å². The van der Waals surface area contributed by atoms with E-state index in [1.165, 1.54) is 17.8 Å². The molecule has 0 radical (unpaired) electrons. The quantitative estimate of drug-likeness (QED) is 0.167. The molecular formula is C29H34ClF3N2O4S. The fourth-order valence-corrected chi connectivity index (χ4v) is 6.35. The van der Waals surface area contributed by atoms with Crippen LogP contribution in [-0.2, 0) is 9.53 Å². The summed E-state index contributed by atoms with van der Waals surface area (Å²) in [6.07, 6.45) is 1.08. The topological polar surface area (TPSA) is 87.7 Å². The van der Waals surface area contributed by atoms with Crippen molar-refractivity contribution < 1.29 is 32.6 Å². The standard InChI is InChI=1S/C29H34ClF3N2O4S/c1-6-39-28(37)26(15(2)3)34-14-29(38)16(4)9-20(10-17(29)5)40-24-11-18(7-8-21(24)30)27(36)35-19-12-22(31)25(33)23(32)13-19/h7-8,11-13,15,17,20,26,34,38H,4,6,9-10,14H2,1-3,5H3,(H,35,36)/t17?,20-,26-,29-/m0/s1. The summed E-state index contributed by atoms with van der Waals surface area (Å²) in [5.41, 5.74) is -0.646. The van der Waals surface area contributed by atoms with Gasteiger partial charge in [-0.25, -0.2) is 13.2 Å². The minimum Gasteiger partial charge on any atom is -0.465 e. The molecule has 6 nitrogen and oxygen atoms in total. The summed E-state index contributed by atoms with van der Waals surface area (Å²) in [4.78, 5) is 25.7. The number of carbonyl (C=O) groups is 2. The van der Waals surface area contributed by atoms with Crippen molar-refractivity contribution in [3.63, 3.8) is 0 Å². The molecule has 218 valence electrons. The minimum absolute atomic E-state index is 0.00942. The third-order valence-corrected chi connectivity index (χ3v) is 8.77. The van der Waals surface area contributed by atoms with E-state index in [0.29, 0.717) is 40.5 Å². The molecule has 2 aromatic carbocycles. The van der Waals surface area contributed by atoms with E-state index in [1.54, 1.807) is 19.1 Å².